The molecule has 0 saturated carbocycles. The minimum Gasteiger partial charge on any atom is -0.508 e. The van der Waals surface area contributed by atoms with Crippen molar-refractivity contribution in [3.63, 3.8) is 0 Å². The van der Waals surface area contributed by atoms with Crippen molar-refractivity contribution in [2.45, 2.75) is 26.2 Å². The van der Waals surface area contributed by atoms with E-state index in [1.807, 2.05) is 8.27 Å². The van der Waals surface area contributed by atoms with Gasteiger partial charge < -0.3 is 8.27 Å². The zero-order valence-electron chi connectivity index (χ0n) is 7.14. The predicted octanol–water partition coefficient (Wildman–Crippen LogP) is 0.537. The van der Waals surface area contributed by atoms with Crippen molar-refractivity contribution in [3.05, 3.63) is 0 Å². The Morgan fingerprint density at radius 1 is 1.50 bits per heavy atom. The summed E-state index contributed by atoms with van der Waals surface area (Å²) in [6, 6.07) is 0. The van der Waals surface area contributed by atoms with E-state index in [4.69, 9.17) is 0 Å². The van der Waals surface area contributed by atoms with Gasteiger partial charge in [0.05, 0.1) is 0 Å². The molecule has 0 aromatic carbocycles. The molecule has 0 N–H and O–H groups in total. The van der Waals surface area contributed by atoms with Crippen LogP contribution in [-0.4, -0.2) is 18.5 Å². The van der Waals surface area contributed by atoms with Gasteiger partial charge in [0, 0.05) is 0 Å². The second-order valence-corrected chi connectivity index (χ2v) is 7.71. The smallest absolute Gasteiger partial charge is 0.508 e. The maximum Gasteiger partial charge on any atom is 1.00 e. The first-order chi connectivity index (χ1) is 4.43. The van der Waals surface area contributed by atoms with Crippen LogP contribution in [0.4, 0.5) is 0 Å². The summed E-state index contributed by atoms with van der Waals surface area (Å²) < 4.78 is 0. The van der Waals surface area contributed by atoms with Crippen LogP contribution in [0.5, 0.6) is 0 Å². The summed E-state index contributed by atoms with van der Waals surface area (Å²) in [6.07, 6.45) is 9.06. The molecule has 0 amide bonds. The van der Waals surface area contributed by atoms with Gasteiger partial charge in [0.1, 0.15) is 0 Å². The SMILES string of the molecule is CCCCP1CCC[P-]1.[Li+]. The summed E-state index contributed by atoms with van der Waals surface area (Å²) in [6.45, 7) is 2.29. The third kappa shape index (κ3) is 4.36. The van der Waals surface area contributed by atoms with Crippen molar-refractivity contribution in [1.82, 2.24) is 0 Å². The Bertz CT molecular complexity index is 72.0. The fourth-order valence-corrected chi connectivity index (χ4v) is 6.57. The Morgan fingerprint density at radius 3 is 2.80 bits per heavy atom. The first-order valence-corrected chi connectivity index (χ1v) is 7.35. The van der Waals surface area contributed by atoms with Crippen LogP contribution >= 0.6 is 15.9 Å². The summed E-state index contributed by atoms with van der Waals surface area (Å²) in [5, 5.41) is 0. The average Bonchev–Trinajstić information content (AvgIpc) is 2.34. The minimum atomic E-state index is 0. The van der Waals surface area contributed by atoms with E-state index in [9.17, 15) is 0 Å². The molecule has 1 atom stereocenters. The molecule has 1 unspecified atom stereocenters. The van der Waals surface area contributed by atoms with Crippen molar-refractivity contribution >= 4 is 15.9 Å². The molecular formula is C7H15LiP2. The molecule has 0 bridgehead atoms. The summed E-state index contributed by atoms with van der Waals surface area (Å²) >= 11 is 0. The fourth-order valence-electron chi connectivity index (χ4n) is 1.06. The molecule has 10 heavy (non-hydrogen) atoms. The monoisotopic (exact) mass is 168 g/mol. The number of unbranched alkanes of at least 4 members (excludes halogenated alkanes) is 1. The molecule has 3 heteroatoms. The van der Waals surface area contributed by atoms with E-state index in [-0.39, 0.29) is 18.9 Å². The quantitative estimate of drug-likeness (QED) is 0.426. The normalized spacial score (nSPS) is 26.7. The molecule has 1 aliphatic rings. The van der Waals surface area contributed by atoms with Gasteiger partial charge in [0.2, 0.25) is 0 Å². The van der Waals surface area contributed by atoms with Gasteiger partial charge in [-0.3, -0.25) is 7.61 Å². The molecule has 0 nitrogen and oxygen atoms in total. The summed E-state index contributed by atoms with van der Waals surface area (Å²) in [5.41, 5.74) is 0. The third-order valence-corrected chi connectivity index (χ3v) is 7.23. The molecular weight excluding hydrogens is 153 g/mol. The van der Waals surface area contributed by atoms with E-state index >= 15 is 0 Å². The van der Waals surface area contributed by atoms with E-state index in [1.165, 1.54) is 25.4 Å². The van der Waals surface area contributed by atoms with Gasteiger partial charge in [-0.25, -0.2) is 0 Å². The summed E-state index contributed by atoms with van der Waals surface area (Å²) in [4.78, 5) is 0. The average molecular weight is 168 g/mol. The molecule has 0 aromatic rings. The van der Waals surface area contributed by atoms with E-state index < -0.39 is 0 Å². The maximum absolute atomic E-state index is 2.29. The minimum absolute atomic E-state index is 0. The van der Waals surface area contributed by atoms with Gasteiger partial charge in [0.25, 0.3) is 0 Å². The zero-order chi connectivity index (χ0) is 6.53. The number of hydrogen-bond donors (Lipinski definition) is 0. The first kappa shape index (κ1) is 11.5. The Labute approximate surface area is 79.5 Å². The van der Waals surface area contributed by atoms with Crippen LogP contribution in [0.25, 0.3) is 0 Å². The summed E-state index contributed by atoms with van der Waals surface area (Å²) in [5.74, 6) is 0. The third-order valence-electron chi connectivity index (χ3n) is 1.64. The van der Waals surface area contributed by atoms with E-state index in [2.05, 4.69) is 6.92 Å². The van der Waals surface area contributed by atoms with Crippen LogP contribution in [-0.2, 0) is 0 Å². The van der Waals surface area contributed by atoms with Crippen LogP contribution in [0.15, 0.2) is 0 Å². The molecule has 0 spiro atoms. The second-order valence-electron chi connectivity index (χ2n) is 2.53. The number of rotatable bonds is 3. The van der Waals surface area contributed by atoms with Crippen LogP contribution in [0.2, 0.25) is 0 Å². The molecule has 54 valence electrons. The van der Waals surface area contributed by atoms with Crippen LogP contribution in [0.3, 0.4) is 0 Å². The molecule has 1 rings (SSSR count). The first-order valence-electron chi connectivity index (χ1n) is 3.86. The summed E-state index contributed by atoms with van der Waals surface area (Å²) in [7, 11) is 2.33. The van der Waals surface area contributed by atoms with Gasteiger partial charge in [-0.2, -0.15) is 6.16 Å². The number of hydrogen-bond acceptors (Lipinski definition) is 0. The van der Waals surface area contributed by atoms with Gasteiger partial charge in [0.15, 0.2) is 0 Å². The maximum atomic E-state index is 2.29. The van der Waals surface area contributed by atoms with E-state index in [0.717, 1.165) is 0 Å². The topological polar surface area (TPSA) is 0 Å². The van der Waals surface area contributed by atoms with Gasteiger partial charge in [-0.1, -0.05) is 38.5 Å². The van der Waals surface area contributed by atoms with Crippen LogP contribution in [0, 0.1) is 0 Å². The van der Waals surface area contributed by atoms with E-state index in [0.29, 0.717) is 7.61 Å². The predicted molar refractivity (Wildman–Crippen MR) is 48.0 cm³/mol. The van der Waals surface area contributed by atoms with Crippen LogP contribution < -0.4 is 18.9 Å². The van der Waals surface area contributed by atoms with Crippen molar-refractivity contribution < 1.29 is 18.9 Å². The largest absolute Gasteiger partial charge is 1.00 e. The Hall–Kier alpha value is 1.46. The Morgan fingerprint density at radius 2 is 2.30 bits per heavy atom. The molecule has 0 aliphatic carbocycles. The standard InChI is InChI=1S/C7H15P2.Li/c1-2-3-6-9-7-4-5-8-9;/h2-7H2,1H3;/q-1;+1. The van der Waals surface area contributed by atoms with Crippen molar-refractivity contribution in [3.8, 4) is 0 Å². The van der Waals surface area contributed by atoms with Gasteiger partial charge in [-0.05, 0) is 0 Å². The van der Waals surface area contributed by atoms with Crippen molar-refractivity contribution in [2.24, 2.45) is 0 Å². The van der Waals surface area contributed by atoms with Gasteiger partial charge >= 0.3 is 18.9 Å². The second kappa shape index (κ2) is 7.13. The molecule has 0 aromatic heterocycles. The molecule has 1 saturated heterocycles. The van der Waals surface area contributed by atoms with Crippen molar-refractivity contribution in [2.75, 3.05) is 18.5 Å². The van der Waals surface area contributed by atoms with Crippen molar-refractivity contribution in [1.29, 1.82) is 0 Å². The zero-order valence-corrected chi connectivity index (χ0v) is 8.93. The molecule has 1 aliphatic heterocycles. The molecule has 0 radical (unpaired) electrons. The Balaban J connectivity index is 0.000000810. The molecule has 1 fully saturated rings. The van der Waals surface area contributed by atoms with Gasteiger partial charge in [-0.15, -0.1) is 0 Å². The Kier molecular flexibility index (Phi) is 8.16. The molecule has 1 heterocycles. The van der Waals surface area contributed by atoms with Crippen LogP contribution in [0.1, 0.15) is 26.2 Å². The fraction of sp³-hybridized carbons (Fsp3) is 1.00. The van der Waals surface area contributed by atoms with E-state index in [1.54, 1.807) is 12.3 Å².